The second kappa shape index (κ2) is 7.01. The summed E-state index contributed by atoms with van der Waals surface area (Å²) in [5, 5.41) is 0.624. The zero-order valence-electron chi connectivity index (χ0n) is 14.1. The Kier molecular flexibility index (Phi) is 4.41. The summed E-state index contributed by atoms with van der Waals surface area (Å²) < 4.78 is 11.7. The molecule has 0 aliphatic rings. The Labute approximate surface area is 154 Å². The number of amides is 1. The normalized spacial score (nSPS) is 10.8. The SMILES string of the molecule is COc1ccc2nc(N(Cc3ccco3)C(=O)c3ccccc3)sc2c1. The molecule has 4 rings (SSSR count). The van der Waals surface area contributed by atoms with E-state index in [4.69, 9.17) is 9.15 Å². The van der Waals surface area contributed by atoms with Crippen LogP contribution in [0.2, 0.25) is 0 Å². The Morgan fingerprint density at radius 1 is 1.15 bits per heavy atom. The lowest BCUT2D eigenvalue weighted by Gasteiger charge is -2.18. The van der Waals surface area contributed by atoms with Crippen LogP contribution in [0, 0.1) is 0 Å². The number of fused-ring (bicyclic) bond motifs is 1. The molecule has 0 aliphatic heterocycles. The molecule has 6 heteroatoms. The molecule has 0 atom stereocenters. The second-order valence-electron chi connectivity index (χ2n) is 5.67. The maximum absolute atomic E-state index is 13.1. The molecule has 0 fully saturated rings. The van der Waals surface area contributed by atoms with Gasteiger partial charge in [-0.3, -0.25) is 9.69 Å². The first-order chi connectivity index (χ1) is 12.7. The average Bonchev–Trinajstić information content (AvgIpc) is 3.34. The molecule has 2 aromatic heterocycles. The van der Waals surface area contributed by atoms with Crippen LogP contribution >= 0.6 is 11.3 Å². The van der Waals surface area contributed by atoms with E-state index in [2.05, 4.69) is 4.98 Å². The smallest absolute Gasteiger partial charge is 0.260 e. The summed E-state index contributed by atoms with van der Waals surface area (Å²) in [6.07, 6.45) is 1.60. The topological polar surface area (TPSA) is 55.6 Å². The van der Waals surface area contributed by atoms with Crippen LogP contribution in [-0.2, 0) is 6.54 Å². The number of methoxy groups -OCH3 is 1. The maximum Gasteiger partial charge on any atom is 0.260 e. The van der Waals surface area contributed by atoms with E-state index in [-0.39, 0.29) is 5.91 Å². The van der Waals surface area contributed by atoms with Gasteiger partial charge in [0.25, 0.3) is 5.91 Å². The van der Waals surface area contributed by atoms with Gasteiger partial charge in [0.05, 0.1) is 30.1 Å². The Morgan fingerprint density at radius 3 is 2.73 bits per heavy atom. The number of anilines is 1. The monoisotopic (exact) mass is 364 g/mol. The van der Waals surface area contributed by atoms with Crippen LogP contribution in [0.1, 0.15) is 16.1 Å². The molecular weight excluding hydrogens is 348 g/mol. The summed E-state index contributed by atoms with van der Waals surface area (Å²) in [7, 11) is 1.63. The Balaban J connectivity index is 1.75. The van der Waals surface area contributed by atoms with Crippen molar-refractivity contribution >= 4 is 32.6 Å². The number of furan rings is 1. The van der Waals surface area contributed by atoms with Gasteiger partial charge in [0.15, 0.2) is 5.13 Å². The van der Waals surface area contributed by atoms with E-state index in [0.29, 0.717) is 23.0 Å². The molecule has 0 saturated carbocycles. The predicted octanol–water partition coefficient (Wildman–Crippen LogP) is 4.74. The van der Waals surface area contributed by atoms with Crippen molar-refractivity contribution in [1.82, 2.24) is 4.98 Å². The van der Waals surface area contributed by atoms with Crippen LogP contribution in [0.4, 0.5) is 5.13 Å². The van der Waals surface area contributed by atoms with Gasteiger partial charge in [-0.25, -0.2) is 4.98 Å². The van der Waals surface area contributed by atoms with Gasteiger partial charge < -0.3 is 9.15 Å². The Bertz CT molecular complexity index is 1030. The predicted molar refractivity (Wildman–Crippen MR) is 102 cm³/mol. The summed E-state index contributed by atoms with van der Waals surface area (Å²) in [6.45, 7) is 0.317. The van der Waals surface area contributed by atoms with E-state index in [0.717, 1.165) is 16.0 Å². The highest BCUT2D eigenvalue weighted by molar-refractivity contribution is 7.22. The lowest BCUT2D eigenvalue weighted by Crippen LogP contribution is -2.30. The highest BCUT2D eigenvalue weighted by atomic mass is 32.1. The average molecular weight is 364 g/mol. The highest BCUT2D eigenvalue weighted by Gasteiger charge is 2.22. The highest BCUT2D eigenvalue weighted by Crippen LogP contribution is 2.33. The zero-order chi connectivity index (χ0) is 17.9. The van der Waals surface area contributed by atoms with Crippen molar-refractivity contribution in [1.29, 1.82) is 0 Å². The van der Waals surface area contributed by atoms with E-state index in [1.807, 2.05) is 48.5 Å². The van der Waals surface area contributed by atoms with Crippen molar-refractivity contribution in [3.63, 3.8) is 0 Å². The van der Waals surface area contributed by atoms with Crippen LogP contribution in [0.15, 0.2) is 71.3 Å². The number of rotatable bonds is 5. The van der Waals surface area contributed by atoms with Gasteiger partial charge in [-0.15, -0.1) is 0 Å². The number of aromatic nitrogens is 1. The van der Waals surface area contributed by atoms with Gasteiger partial charge in [-0.05, 0) is 42.5 Å². The molecule has 0 unspecified atom stereocenters. The van der Waals surface area contributed by atoms with Crippen LogP contribution in [0.3, 0.4) is 0 Å². The van der Waals surface area contributed by atoms with Crippen molar-refractivity contribution in [3.8, 4) is 5.75 Å². The van der Waals surface area contributed by atoms with Gasteiger partial charge in [0, 0.05) is 5.56 Å². The molecule has 0 saturated heterocycles. The lowest BCUT2D eigenvalue weighted by atomic mass is 10.2. The molecule has 4 aromatic rings. The molecule has 1 amide bonds. The molecular formula is C20H16N2O3S. The van der Waals surface area contributed by atoms with Crippen molar-refractivity contribution < 1.29 is 13.9 Å². The first kappa shape index (κ1) is 16.4. The molecule has 0 aliphatic carbocycles. The van der Waals surface area contributed by atoms with E-state index >= 15 is 0 Å². The Hall–Kier alpha value is -3.12. The molecule has 2 aromatic carbocycles. The van der Waals surface area contributed by atoms with Crippen molar-refractivity contribution in [2.45, 2.75) is 6.54 Å². The third-order valence-corrected chi connectivity index (χ3v) is 5.02. The molecule has 0 spiro atoms. The minimum atomic E-state index is -0.118. The summed E-state index contributed by atoms with van der Waals surface area (Å²) in [6, 6.07) is 18.5. The molecule has 26 heavy (non-hydrogen) atoms. The van der Waals surface area contributed by atoms with E-state index < -0.39 is 0 Å². The fraction of sp³-hybridized carbons (Fsp3) is 0.100. The van der Waals surface area contributed by atoms with Gasteiger partial charge in [0.1, 0.15) is 11.5 Å². The van der Waals surface area contributed by atoms with E-state index in [9.17, 15) is 4.79 Å². The molecule has 5 nitrogen and oxygen atoms in total. The summed E-state index contributed by atoms with van der Waals surface area (Å²) in [4.78, 5) is 19.4. The standard InChI is InChI=1S/C20H16N2O3S/c1-24-15-9-10-17-18(12-15)26-20(21-17)22(13-16-8-5-11-25-16)19(23)14-6-3-2-4-7-14/h2-12H,13H2,1H3. The first-order valence-electron chi connectivity index (χ1n) is 8.08. The van der Waals surface area contributed by atoms with Crippen LogP contribution in [-0.4, -0.2) is 18.0 Å². The van der Waals surface area contributed by atoms with E-state index in [1.165, 1.54) is 11.3 Å². The summed E-state index contributed by atoms with van der Waals surface area (Å²) >= 11 is 1.45. The lowest BCUT2D eigenvalue weighted by molar-refractivity contribution is 0.0983. The Morgan fingerprint density at radius 2 is 2.00 bits per heavy atom. The number of nitrogens with zero attached hydrogens (tertiary/aromatic N) is 2. The number of carbonyl (C=O) groups excluding carboxylic acids is 1. The minimum Gasteiger partial charge on any atom is -0.497 e. The van der Waals surface area contributed by atoms with Crippen molar-refractivity contribution in [2.24, 2.45) is 0 Å². The maximum atomic E-state index is 13.1. The quantitative estimate of drug-likeness (QED) is 0.513. The van der Waals surface area contributed by atoms with Crippen LogP contribution in [0.5, 0.6) is 5.75 Å². The van der Waals surface area contributed by atoms with Gasteiger partial charge in [-0.2, -0.15) is 0 Å². The third-order valence-electron chi connectivity index (χ3n) is 3.98. The molecule has 2 heterocycles. The zero-order valence-corrected chi connectivity index (χ0v) is 14.9. The molecule has 0 bridgehead atoms. The fourth-order valence-corrected chi connectivity index (χ4v) is 3.65. The van der Waals surface area contributed by atoms with Crippen LogP contribution < -0.4 is 9.64 Å². The second-order valence-corrected chi connectivity index (χ2v) is 6.68. The number of benzene rings is 2. The number of hydrogen-bond donors (Lipinski definition) is 0. The molecule has 0 N–H and O–H groups in total. The largest absolute Gasteiger partial charge is 0.497 e. The van der Waals surface area contributed by atoms with Crippen LogP contribution in [0.25, 0.3) is 10.2 Å². The third kappa shape index (κ3) is 3.19. The molecule has 0 radical (unpaired) electrons. The fourth-order valence-electron chi connectivity index (χ4n) is 2.66. The van der Waals surface area contributed by atoms with Crippen molar-refractivity contribution in [3.05, 3.63) is 78.3 Å². The minimum absolute atomic E-state index is 0.118. The van der Waals surface area contributed by atoms with Gasteiger partial charge in [-0.1, -0.05) is 29.5 Å². The first-order valence-corrected chi connectivity index (χ1v) is 8.90. The number of thiazole rings is 1. The van der Waals surface area contributed by atoms with Gasteiger partial charge >= 0.3 is 0 Å². The van der Waals surface area contributed by atoms with Crippen molar-refractivity contribution in [2.75, 3.05) is 12.0 Å². The molecule has 130 valence electrons. The number of ether oxygens (including phenoxy) is 1. The summed E-state index contributed by atoms with van der Waals surface area (Å²) in [5.74, 6) is 1.35. The van der Waals surface area contributed by atoms with E-state index in [1.54, 1.807) is 30.4 Å². The number of carbonyl (C=O) groups is 1. The van der Waals surface area contributed by atoms with Gasteiger partial charge in [0.2, 0.25) is 0 Å². The number of hydrogen-bond acceptors (Lipinski definition) is 5. The summed E-state index contributed by atoms with van der Waals surface area (Å²) in [5.41, 5.74) is 1.44.